The molecule has 0 amide bonds. The van der Waals surface area contributed by atoms with Gasteiger partial charge in [-0.2, -0.15) is 9.82 Å². The number of rotatable bonds is 8. The molecule has 19 heavy (non-hydrogen) atoms. The van der Waals surface area contributed by atoms with Crippen LogP contribution in [0.5, 0.6) is 0 Å². The topological polar surface area (TPSA) is 121 Å². The van der Waals surface area contributed by atoms with Gasteiger partial charge in [0.1, 0.15) is 10.9 Å². The van der Waals surface area contributed by atoms with Gasteiger partial charge in [-0.3, -0.25) is 9.89 Å². The van der Waals surface area contributed by atoms with Gasteiger partial charge < -0.3 is 9.84 Å². The van der Waals surface area contributed by atoms with Crippen molar-refractivity contribution in [3.05, 3.63) is 11.9 Å². The second kappa shape index (κ2) is 6.64. The average molecular weight is 291 g/mol. The third-order valence-corrected chi connectivity index (χ3v) is 4.10. The van der Waals surface area contributed by atoms with E-state index in [1.165, 1.54) is 7.11 Å². The van der Waals surface area contributed by atoms with E-state index in [1.54, 1.807) is 6.92 Å². The number of hydrogen-bond acceptors (Lipinski definition) is 5. The van der Waals surface area contributed by atoms with Gasteiger partial charge in [0.2, 0.25) is 10.0 Å². The maximum absolute atomic E-state index is 12.0. The second-order valence-electron chi connectivity index (χ2n) is 4.01. The number of sulfonamides is 1. The molecule has 0 radical (unpaired) electrons. The van der Waals surface area contributed by atoms with Crippen molar-refractivity contribution in [3.8, 4) is 0 Å². The Bertz CT molecular complexity index is 525. The largest absolute Gasteiger partial charge is 0.480 e. The van der Waals surface area contributed by atoms with E-state index in [4.69, 9.17) is 9.84 Å². The van der Waals surface area contributed by atoms with Crippen molar-refractivity contribution < 1.29 is 23.1 Å². The van der Waals surface area contributed by atoms with Crippen molar-refractivity contribution >= 4 is 16.0 Å². The Morgan fingerprint density at radius 3 is 2.79 bits per heavy atom. The van der Waals surface area contributed by atoms with E-state index < -0.39 is 22.0 Å². The lowest BCUT2D eigenvalue weighted by molar-refractivity contribution is -0.139. The Labute approximate surface area is 111 Å². The van der Waals surface area contributed by atoms with Gasteiger partial charge >= 0.3 is 5.97 Å². The summed E-state index contributed by atoms with van der Waals surface area (Å²) < 4.78 is 31.0. The van der Waals surface area contributed by atoms with E-state index in [-0.39, 0.29) is 11.3 Å². The van der Waals surface area contributed by atoms with E-state index >= 15 is 0 Å². The number of carbonyl (C=O) groups is 1. The van der Waals surface area contributed by atoms with Crippen molar-refractivity contribution in [2.24, 2.45) is 0 Å². The molecule has 0 fully saturated rings. The molecule has 1 heterocycles. The SMILES string of the molecule is COCCCC(NS(=O)(=O)c1cn[nH]c1C)C(=O)O. The fourth-order valence-corrected chi connectivity index (χ4v) is 2.89. The first kappa shape index (κ1) is 15.6. The highest BCUT2D eigenvalue weighted by Gasteiger charge is 2.26. The minimum atomic E-state index is -3.89. The number of nitrogens with zero attached hydrogens (tertiary/aromatic N) is 1. The minimum absolute atomic E-state index is 0.0505. The summed E-state index contributed by atoms with van der Waals surface area (Å²) in [6.07, 6.45) is 1.74. The zero-order valence-corrected chi connectivity index (χ0v) is 11.5. The summed E-state index contributed by atoms with van der Waals surface area (Å²) in [7, 11) is -2.40. The van der Waals surface area contributed by atoms with Crippen LogP contribution in [-0.2, 0) is 19.6 Å². The summed E-state index contributed by atoms with van der Waals surface area (Å²) in [5.74, 6) is -1.22. The number of ether oxygens (including phenoxy) is 1. The monoisotopic (exact) mass is 291 g/mol. The molecule has 0 saturated carbocycles. The standard InChI is InChI=1S/C10H17N3O5S/c1-7-9(6-11-12-7)19(16,17)13-8(10(14)15)4-3-5-18-2/h6,8,13H,3-5H2,1-2H3,(H,11,12)(H,14,15). The molecule has 1 unspecified atom stereocenters. The molecule has 1 aromatic rings. The third-order valence-electron chi connectivity index (χ3n) is 2.51. The van der Waals surface area contributed by atoms with Crippen LogP contribution in [0.25, 0.3) is 0 Å². The van der Waals surface area contributed by atoms with Crippen molar-refractivity contribution in [1.82, 2.24) is 14.9 Å². The summed E-state index contributed by atoms with van der Waals surface area (Å²) in [6.45, 7) is 1.92. The van der Waals surface area contributed by atoms with Gasteiger partial charge in [-0.05, 0) is 19.8 Å². The van der Waals surface area contributed by atoms with E-state index in [9.17, 15) is 13.2 Å². The predicted octanol–water partition coefficient (Wildman–Crippen LogP) is -0.124. The van der Waals surface area contributed by atoms with Crippen LogP contribution in [0.2, 0.25) is 0 Å². The Balaban J connectivity index is 2.79. The highest BCUT2D eigenvalue weighted by atomic mass is 32.2. The highest BCUT2D eigenvalue weighted by molar-refractivity contribution is 7.89. The van der Waals surface area contributed by atoms with Gasteiger partial charge in [-0.1, -0.05) is 0 Å². The minimum Gasteiger partial charge on any atom is -0.480 e. The van der Waals surface area contributed by atoms with E-state index in [0.29, 0.717) is 18.7 Å². The normalized spacial score (nSPS) is 13.4. The summed E-state index contributed by atoms with van der Waals surface area (Å²) in [6, 6.07) is -1.19. The lowest BCUT2D eigenvalue weighted by Crippen LogP contribution is -2.40. The number of H-pyrrole nitrogens is 1. The summed E-state index contributed by atoms with van der Waals surface area (Å²) in [5.41, 5.74) is 0.355. The third kappa shape index (κ3) is 4.30. The van der Waals surface area contributed by atoms with E-state index in [0.717, 1.165) is 6.20 Å². The first-order valence-corrected chi connectivity index (χ1v) is 7.11. The average Bonchev–Trinajstić information content (AvgIpc) is 2.75. The molecular formula is C10H17N3O5S. The van der Waals surface area contributed by atoms with Crippen molar-refractivity contribution in [1.29, 1.82) is 0 Å². The summed E-state index contributed by atoms with van der Waals surface area (Å²) >= 11 is 0. The van der Waals surface area contributed by atoms with E-state index in [1.807, 2.05) is 0 Å². The molecule has 0 aliphatic carbocycles. The van der Waals surface area contributed by atoms with Gasteiger partial charge in [0.05, 0.1) is 11.9 Å². The van der Waals surface area contributed by atoms with Gasteiger partial charge in [-0.15, -0.1) is 0 Å². The van der Waals surface area contributed by atoms with Crippen LogP contribution in [-0.4, -0.2) is 49.4 Å². The number of methoxy groups -OCH3 is 1. The number of aliphatic carboxylic acids is 1. The number of carboxylic acid groups (broad SMARTS) is 1. The smallest absolute Gasteiger partial charge is 0.321 e. The Morgan fingerprint density at radius 2 is 2.32 bits per heavy atom. The predicted molar refractivity (Wildman–Crippen MR) is 66.2 cm³/mol. The van der Waals surface area contributed by atoms with Crippen LogP contribution >= 0.6 is 0 Å². The zero-order valence-electron chi connectivity index (χ0n) is 10.7. The molecule has 1 atom stereocenters. The number of aromatic nitrogens is 2. The molecule has 0 saturated heterocycles. The Hall–Kier alpha value is -1.45. The summed E-state index contributed by atoms with van der Waals surface area (Å²) in [4.78, 5) is 11.0. The number of nitrogens with one attached hydrogen (secondary N) is 2. The molecule has 0 aliphatic rings. The molecule has 108 valence electrons. The first-order chi connectivity index (χ1) is 8.88. The maximum Gasteiger partial charge on any atom is 0.321 e. The van der Waals surface area contributed by atoms with Crippen molar-refractivity contribution in [2.75, 3.05) is 13.7 Å². The van der Waals surface area contributed by atoms with Crippen LogP contribution in [0, 0.1) is 6.92 Å². The number of aryl methyl sites for hydroxylation is 1. The molecule has 9 heteroatoms. The molecule has 8 nitrogen and oxygen atoms in total. The molecule has 3 N–H and O–H groups in total. The van der Waals surface area contributed by atoms with Crippen LogP contribution in [0.1, 0.15) is 18.5 Å². The van der Waals surface area contributed by atoms with Crippen LogP contribution in [0.15, 0.2) is 11.1 Å². The molecule has 0 bridgehead atoms. The van der Waals surface area contributed by atoms with Crippen LogP contribution in [0.3, 0.4) is 0 Å². The first-order valence-electron chi connectivity index (χ1n) is 5.62. The van der Waals surface area contributed by atoms with Crippen molar-refractivity contribution in [3.63, 3.8) is 0 Å². The summed E-state index contributed by atoms with van der Waals surface area (Å²) in [5, 5.41) is 15.1. The lowest BCUT2D eigenvalue weighted by atomic mass is 10.2. The van der Waals surface area contributed by atoms with Gasteiger partial charge in [0, 0.05) is 13.7 Å². The highest BCUT2D eigenvalue weighted by Crippen LogP contribution is 2.12. The van der Waals surface area contributed by atoms with Crippen LogP contribution < -0.4 is 4.72 Å². The maximum atomic E-state index is 12.0. The zero-order chi connectivity index (χ0) is 14.5. The molecule has 0 aromatic carbocycles. The Morgan fingerprint density at radius 1 is 1.63 bits per heavy atom. The fraction of sp³-hybridized carbons (Fsp3) is 0.600. The fourth-order valence-electron chi connectivity index (χ4n) is 1.53. The molecule has 0 spiro atoms. The second-order valence-corrected chi connectivity index (χ2v) is 5.69. The van der Waals surface area contributed by atoms with Crippen molar-refractivity contribution in [2.45, 2.75) is 30.7 Å². The molecule has 1 rings (SSSR count). The van der Waals surface area contributed by atoms with Crippen LogP contribution in [0.4, 0.5) is 0 Å². The number of hydrogen-bond donors (Lipinski definition) is 3. The Kier molecular flexibility index (Phi) is 5.45. The molecular weight excluding hydrogens is 274 g/mol. The van der Waals surface area contributed by atoms with Gasteiger partial charge in [0.15, 0.2) is 0 Å². The van der Waals surface area contributed by atoms with E-state index in [2.05, 4.69) is 14.9 Å². The quantitative estimate of drug-likeness (QED) is 0.574. The lowest BCUT2D eigenvalue weighted by Gasteiger charge is -2.14. The molecule has 1 aromatic heterocycles. The number of aromatic amines is 1. The molecule has 0 aliphatic heterocycles. The van der Waals surface area contributed by atoms with Gasteiger partial charge in [-0.25, -0.2) is 8.42 Å². The number of carboxylic acids is 1. The van der Waals surface area contributed by atoms with Gasteiger partial charge in [0.25, 0.3) is 0 Å².